The molecule has 21 heavy (non-hydrogen) atoms. The van der Waals surface area contributed by atoms with Crippen molar-refractivity contribution in [2.45, 2.75) is 6.54 Å². The van der Waals surface area contributed by atoms with Crippen LogP contribution in [-0.4, -0.2) is 10.9 Å². The number of oxazole rings is 1. The molecule has 5 nitrogen and oxygen atoms in total. The number of H-pyrrole nitrogens is 1. The maximum absolute atomic E-state index is 12.8. The molecule has 1 aromatic heterocycles. The first kappa shape index (κ1) is 13.1. The van der Waals surface area contributed by atoms with Crippen molar-refractivity contribution < 1.29 is 13.6 Å². The molecule has 0 aliphatic rings. The van der Waals surface area contributed by atoms with Gasteiger partial charge in [0.1, 0.15) is 5.82 Å². The quantitative estimate of drug-likeness (QED) is 0.775. The molecule has 3 rings (SSSR count). The summed E-state index contributed by atoms with van der Waals surface area (Å²) in [5.74, 6) is -1.20. The Balaban J connectivity index is 1.72. The molecule has 3 aromatic rings. The first-order valence-electron chi connectivity index (χ1n) is 6.27. The van der Waals surface area contributed by atoms with Crippen LogP contribution in [0.2, 0.25) is 0 Å². The molecule has 106 valence electrons. The van der Waals surface area contributed by atoms with Gasteiger partial charge in [0.2, 0.25) is 0 Å². The average molecular weight is 286 g/mol. The minimum Gasteiger partial charge on any atom is -0.408 e. The highest BCUT2D eigenvalue weighted by molar-refractivity contribution is 5.94. The van der Waals surface area contributed by atoms with E-state index in [1.54, 1.807) is 18.2 Å². The zero-order chi connectivity index (χ0) is 14.8. The molecule has 2 N–H and O–H groups in total. The number of benzene rings is 2. The smallest absolute Gasteiger partial charge is 0.408 e. The van der Waals surface area contributed by atoms with E-state index in [-0.39, 0.29) is 11.7 Å². The number of halogens is 1. The molecular weight excluding hydrogens is 275 g/mol. The Morgan fingerprint density at radius 2 is 1.95 bits per heavy atom. The molecule has 0 spiro atoms. The van der Waals surface area contributed by atoms with Gasteiger partial charge in [-0.3, -0.25) is 9.78 Å². The third-order valence-electron chi connectivity index (χ3n) is 3.04. The van der Waals surface area contributed by atoms with Crippen molar-refractivity contribution in [2.24, 2.45) is 0 Å². The van der Waals surface area contributed by atoms with Crippen LogP contribution in [0.5, 0.6) is 0 Å². The van der Waals surface area contributed by atoms with Gasteiger partial charge in [-0.2, -0.15) is 0 Å². The van der Waals surface area contributed by atoms with Crippen LogP contribution in [0.4, 0.5) is 4.39 Å². The zero-order valence-corrected chi connectivity index (χ0v) is 10.9. The average Bonchev–Trinajstić information content (AvgIpc) is 2.84. The standard InChI is InChI=1S/C15H11FN2O3/c16-11-4-2-10(3-5-11)14(19)17-8-9-1-6-13-12(7-9)18-15(20)21-13/h1-7H,8H2,(H,17,19)(H,18,20). The lowest BCUT2D eigenvalue weighted by Gasteiger charge is -2.05. The fourth-order valence-corrected chi connectivity index (χ4v) is 1.99. The summed E-state index contributed by atoms with van der Waals surface area (Å²) < 4.78 is 17.7. The number of aromatic amines is 1. The van der Waals surface area contributed by atoms with Crippen LogP contribution in [0.15, 0.2) is 51.7 Å². The van der Waals surface area contributed by atoms with Crippen molar-refractivity contribution in [1.82, 2.24) is 10.3 Å². The number of hydrogen-bond donors (Lipinski definition) is 2. The summed E-state index contributed by atoms with van der Waals surface area (Å²) in [4.78, 5) is 25.5. The highest BCUT2D eigenvalue weighted by Crippen LogP contribution is 2.12. The normalized spacial score (nSPS) is 10.7. The Hall–Kier alpha value is -2.89. The van der Waals surface area contributed by atoms with Crippen LogP contribution in [-0.2, 0) is 6.54 Å². The van der Waals surface area contributed by atoms with Gasteiger partial charge in [-0.25, -0.2) is 9.18 Å². The van der Waals surface area contributed by atoms with Gasteiger partial charge in [-0.05, 0) is 42.0 Å². The van der Waals surface area contributed by atoms with E-state index < -0.39 is 5.76 Å². The van der Waals surface area contributed by atoms with Gasteiger partial charge in [-0.15, -0.1) is 0 Å². The van der Waals surface area contributed by atoms with Crippen LogP contribution in [0.3, 0.4) is 0 Å². The van der Waals surface area contributed by atoms with Crippen LogP contribution < -0.4 is 11.1 Å². The molecule has 1 amide bonds. The Morgan fingerprint density at radius 3 is 2.71 bits per heavy atom. The predicted molar refractivity (Wildman–Crippen MR) is 74.4 cm³/mol. The second-order valence-electron chi connectivity index (χ2n) is 4.53. The molecule has 2 aromatic carbocycles. The number of carbonyl (C=O) groups is 1. The summed E-state index contributed by atoms with van der Waals surface area (Å²) in [7, 11) is 0. The van der Waals surface area contributed by atoms with Crippen molar-refractivity contribution in [3.05, 3.63) is 70.0 Å². The second-order valence-corrected chi connectivity index (χ2v) is 4.53. The first-order chi connectivity index (χ1) is 10.1. The number of hydrogen-bond acceptors (Lipinski definition) is 3. The number of rotatable bonds is 3. The number of amides is 1. The van der Waals surface area contributed by atoms with Gasteiger partial charge in [0, 0.05) is 12.1 Å². The monoisotopic (exact) mass is 286 g/mol. The SMILES string of the molecule is O=C(NCc1ccc2oc(=O)[nH]c2c1)c1ccc(F)cc1. The Morgan fingerprint density at radius 1 is 1.19 bits per heavy atom. The Labute approximate surface area is 118 Å². The van der Waals surface area contributed by atoms with Crippen LogP contribution in [0.25, 0.3) is 11.1 Å². The van der Waals surface area contributed by atoms with E-state index in [0.717, 1.165) is 5.56 Å². The van der Waals surface area contributed by atoms with E-state index in [2.05, 4.69) is 10.3 Å². The third-order valence-corrected chi connectivity index (χ3v) is 3.04. The maximum atomic E-state index is 12.8. The largest absolute Gasteiger partial charge is 0.417 e. The van der Waals surface area contributed by atoms with E-state index in [9.17, 15) is 14.0 Å². The lowest BCUT2D eigenvalue weighted by molar-refractivity contribution is 0.0951. The van der Waals surface area contributed by atoms with E-state index in [1.807, 2.05) is 0 Å². The molecule has 0 aliphatic carbocycles. The molecule has 0 saturated heterocycles. The highest BCUT2D eigenvalue weighted by atomic mass is 19.1. The molecule has 0 unspecified atom stereocenters. The minimum atomic E-state index is -0.516. The van der Waals surface area contributed by atoms with E-state index in [1.165, 1.54) is 24.3 Å². The highest BCUT2D eigenvalue weighted by Gasteiger charge is 2.06. The lowest BCUT2D eigenvalue weighted by Crippen LogP contribution is -2.22. The number of carbonyl (C=O) groups excluding carboxylic acids is 1. The topological polar surface area (TPSA) is 75.1 Å². The van der Waals surface area contributed by atoms with Gasteiger partial charge in [0.05, 0.1) is 5.52 Å². The molecule has 0 saturated carbocycles. The Bertz CT molecular complexity index is 849. The number of fused-ring (bicyclic) bond motifs is 1. The van der Waals surface area contributed by atoms with E-state index >= 15 is 0 Å². The van der Waals surface area contributed by atoms with Crippen molar-refractivity contribution in [3.63, 3.8) is 0 Å². The summed E-state index contributed by atoms with van der Waals surface area (Å²) in [5, 5.41) is 2.72. The molecule has 1 heterocycles. The predicted octanol–water partition coefficient (Wildman–Crippen LogP) is 2.19. The molecule has 0 bridgehead atoms. The maximum Gasteiger partial charge on any atom is 0.417 e. The Kier molecular flexibility index (Phi) is 3.27. The van der Waals surface area contributed by atoms with Gasteiger partial charge in [-0.1, -0.05) is 6.07 Å². The fraction of sp³-hybridized carbons (Fsp3) is 0.0667. The van der Waals surface area contributed by atoms with Crippen LogP contribution in [0.1, 0.15) is 15.9 Å². The third kappa shape index (κ3) is 2.84. The summed E-state index contributed by atoms with van der Waals surface area (Å²) in [6, 6.07) is 10.4. The summed E-state index contributed by atoms with van der Waals surface area (Å²) in [5.41, 5.74) is 2.24. The van der Waals surface area contributed by atoms with Gasteiger partial charge < -0.3 is 9.73 Å². The van der Waals surface area contributed by atoms with Crippen molar-refractivity contribution in [2.75, 3.05) is 0 Å². The molecule has 6 heteroatoms. The van der Waals surface area contributed by atoms with Crippen LogP contribution >= 0.6 is 0 Å². The number of nitrogens with one attached hydrogen (secondary N) is 2. The van der Waals surface area contributed by atoms with Gasteiger partial charge in [0.15, 0.2) is 5.58 Å². The summed E-state index contributed by atoms with van der Waals surface area (Å²) >= 11 is 0. The van der Waals surface area contributed by atoms with Crippen molar-refractivity contribution in [3.8, 4) is 0 Å². The van der Waals surface area contributed by atoms with Gasteiger partial charge >= 0.3 is 5.76 Å². The van der Waals surface area contributed by atoms with Crippen LogP contribution in [0, 0.1) is 5.82 Å². The summed E-state index contributed by atoms with van der Waals surface area (Å²) in [6.07, 6.45) is 0. The lowest BCUT2D eigenvalue weighted by atomic mass is 10.2. The molecular formula is C15H11FN2O3. The minimum absolute atomic E-state index is 0.291. The fourth-order valence-electron chi connectivity index (χ4n) is 1.99. The van der Waals surface area contributed by atoms with Gasteiger partial charge in [0.25, 0.3) is 5.91 Å². The molecule has 0 aliphatic heterocycles. The molecule has 0 fully saturated rings. The van der Waals surface area contributed by atoms with E-state index in [0.29, 0.717) is 23.2 Å². The number of aromatic nitrogens is 1. The van der Waals surface area contributed by atoms with Crippen molar-refractivity contribution in [1.29, 1.82) is 0 Å². The molecule has 0 radical (unpaired) electrons. The summed E-state index contributed by atoms with van der Waals surface area (Å²) in [6.45, 7) is 0.291. The van der Waals surface area contributed by atoms with E-state index in [4.69, 9.17) is 4.42 Å². The first-order valence-corrected chi connectivity index (χ1v) is 6.27. The zero-order valence-electron chi connectivity index (χ0n) is 10.9. The second kappa shape index (κ2) is 5.24. The molecule has 0 atom stereocenters. The van der Waals surface area contributed by atoms with Crippen molar-refractivity contribution >= 4 is 17.0 Å².